The van der Waals surface area contributed by atoms with Crippen molar-refractivity contribution in [2.75, 3.05) is 25.1 Å². The summed E-state index contributed by atoms with van der Waals surface area (Å²) in [6, 6.07) is 2.89. The van der Waals surface area contributed by atoms with Crippen molar-refractivity contribution in [3.8, 4) is 11.5 Å². The Balaban J connectivity index is 2.22. The molecule has 0 aromatic heterocycles. The predicted molar refractivity (Wildman–Crippen MR) is 65.8 cm³/mol. The number of nitrogens with zero attached hydrogens (tertiary/aromatic N) is 1. The van der Waals surface area contributed by atoms with Crippen LogP contribution in [0.15, 0.2) is 12.1 Å². The molecular formula is C12H16N2O4. The second-order valence-corrected chi connectivity index (χ2v) is 4.48. The van der Waals surface area contributed by atoms with Gasteiger partial charge in [-0.2, -0.15) is 0 Å². The SMILES string of the molecule is CN1CC(NC(=O)CO)Cc2cc(O)c(O)cc21. The van der Waals surface area contributed by atoms with E-state index in [1.165, 1.54) is 12.1 Å². The Morgan fingerprint density at radius 1 is 1.44 bits per heavy atom. The van der Waals surface area contributed by atoms with Gasteiger partial charge in [-0.1, -0.05) is 0 Å². The van der Waals surface area contributed by atoms with E-state index in [1.807, 2.05) is 11.9 Å². The van der Waals surface area contributed by atoms with E-state index < -0.39 is 12.5 Å². The van der Waals surface area contributed by atoms with Crippen LogP contribution in [-0.2, 0) is 11.2 Å². The number of hydrogen-bond acceptors (Lipinski definition) is 5. The number of anilines is 1. The van der Waals surface area contributed by atoms with E-state index >= 15 is 0 Å². The fraction of sp³-hybridized carbons (Fsp3) is 0.417. The molecule has 0 spiro atoms. The Hall–Kier alpha value is -1.95. The smallest absolute Gasteiger partial charge is 0.245 e. The summed E-state index contributed by atoms with van der Waals surface area (Å²) < 4.78 is 0. The van der Waals surface area contributed by atoms with Crippen molar-refractivity contribution in [3.63, 3.8) is 0 Å². The number of carbonyl (C=O) groups excluding carboxylic acids is 1. The number of nitrogens with one attached hydrogen (secondary N) is 1. The Bertz CT molecular complexity index is 475. The molecule has 2 rings (SSSR count). The van der Waals surface area contributed by atoms with Crippen LogP contribution in [0.1, 0.15) is 5.56 Å². The van der Waals surface area contributed by atoms with Crippen molar-refractivity contribution in [2.45, 2.75) is 12.5 Å². The molecule has 18 heavy (non-hydrogen) atoms. The van der Waals surface area contributed by atoms with Crippen molar-refractivity contribution < 1.29 is 20.1 Å². The molecule has 98 valence electrons. The highest BCUT2D eigenvalue weighted by molar-refractivity contribution is 5.77. The van der Waals surface area contributed by atoms with Crippen LogP contribution in [-0.4, -0.2) is 47.5 Å². The zero-order valence-corrected chi connectivity index (χ0v) is 10.1. The Morgan fingerprint density at radius 2 is 2.11 bits per heavy atom. The van der Waals surface area contributed by atoms with Gasteiger partial charge in [0.05, 0.1) is 6.04 Å². The van der Waals surface area contributed by atoms with Crippen LogP contribution in [0, 0.1) is 0 Å². The highest BCUT2D eigenvalue weighted by Crippen LogP contribution is 2.35. The van der Waals surface area contributed by atoms with E-state index in [-0.39, 0.29) is 17.5 Å². The maximum atomic E-state index is 11.2. The number of benzene rings is 1. The Morgan fingerprint density at radius 3 is 2.78 bits per heavy atom. The highest BCUT2D eigenvalue weighted by atomic mass is 16.3. The summed E-state index contributed by atoms with van der Waals surface area (Å²) in [6.07, 6.45) is 0.555. The van der Waals surface area contributed by atoms with Gasteiger partial charge in [-0.25, -0.2) is 0 Å². The van der Waals surface area contributed by atoms with Crippen molar-refractivity contribution >= 4 is 11.6 Å². The van der Waals surface area contributed by atoms with Gasteiger partial charge >= 0.3 is 0 Å². The minimum absolute atomic E-state index is 0.119. The number of amides is 1. The van der Waals surface area contributed by atoms with E-state index in [1.54, 1.807) is 0 Å². The number of aliphatic hydroxyl groups excluding tert-OH is 1. The van der Waals surface area contributed by atoms with Crippen molar-refractivity contribution in [1.82, 2.24) is 5.32 Å². The normalized spacial score (nSPS) is 18.3. The molecule has 1 aliphatic heterocycles. The molecule has 0 bridgehead atoms. The topological polar surface area (TPSA) is 93.0 Å². The van der Waals surface area contributed by atoms with E-state index in [4.69, 9.17) is 5.11 Å². The predicted octanol–water partition coefficient (Wildman–Crippen LogP) is -0.433. The van der Waals surface area contributed by atoms with E-state index in [0.29, 0.717) is 13.0 Å². The largest absolute Gasteiger partial charge is 0.504 e. The monoisotopic (exact) mass is 252 g/mol. The molecule has 0 fully saturated rings. The number of fused-ring (bicyclic) bond motifs is 1. The van der Waals surface area contributed by atoms with Crippen LogP contribution in [0.4, 0.5) is 5.69 Å². The lowest BCUT2D eigenvalue weighted by molar-refractivity contribution is -0.124. The fourth-order valence-corrected chi connectivity index (χ4v) is 2.26. The first-order valence-corrected chi connectivity index (χ1v) is 5.67. The number of carbonyl (C=O) groups is 1. The summed E-state index contributed by atoms with van der Waals surface area (Å²) in [6.45, 7) is 0.0524. The summed E-state index contributed by atoms with van der Waals surface area (Å²) in [5.74, 6) is -0.741. The van der Waals surface area contributed by atoms with Gasteiger partial charge in [0.2, 0.25) is 5.91 Å². The fourth-order valence-electron chi connectivity index (χ4n) is 2.26. The van der Waals surface area contributed by atoms with E-state index in [0.717, 1.165) is 11.3 Å². The summed E-state index contributed by atoms with van der Waals surface area (Å²) in [5, 5.41) is 30.4. The first-order valence-electron chi connectivity index (χ1n) is 5.67. The molecule has 6 heteroatoms. The Labute approximate surface area is 104 Å². The van der Waals surface area contributed by atoms with Gasteiger partial charge in [0, 0.05) is 25.3 Å². The molecule has 0 saturated heterocycles. The summed E-state index contributed by atoms with van der Waals surface area (Å²) in [5.41, 5.74) is 1.68. The van der Waals surface area contributed by atoms with Crippen LogP contribution >= 0.6 is 0 Å². The molecule has 0 saturated carbocycles. The second-order valence-electron chi connectivity index (χ2n) is 4.48. The first kappa shape index (κ1) is 12.5. The summed E-state index contributed by atoms with van der Waals surface area (Å²) in [4.78, 5) is 13.0. The minimum Gasteiger partial charge on any atom is -0.504 e. The highest BCUT2D eigenvalue weighted by Gasteiger charge is 2.24. The molecule has 1 heterocycles. The standard InChI is InChI=1S/C12H16N2O4/c1-14-5-8(13-12(18)6-15)2-7-3-10(16)11(17)4-9(7)14/h3-4,8,15-17H,2,5-6H2,1H3,(H,13,18). The van der Waals surface area contributed by atoms with Crippen LogP contribution in [0.2, 0.25) is 0 Å². The van der Waals surface area contributed by atoms with Crippen LogP contribution in [0.5, 0.6) is 11.5 Å². The molecule has 6 nitrogen and oxygen atoms in total. The van der Waals surface area contributed by atoms with Gasteiger partial charge in [-0.15, -0.1) is 0 Å². The van der Waals surface area contributed by atoms with Crippen LogP contribution in [0.3, 0.4) is 0 Å². The zero-order chi connectivity index (χ0) is 13.3. The third-order valence-electron chi connectivity index (χ3n) is 3.06. The lowest BCUT2D eigenvalue weighted by Crippen LogP contribution is -2.47. The molecule has 1 unspecified atom stereocenters. The van der Waals surface area contributed by atoms with Gasteiger partial charge in [0.1, 0.15) is 6.61 Å². The molecule has 1 aliphatic rings. The quantitative estimate of drug-likeness (QED) is 0.536. The Kier molecular flexibility index (Phi) is 3.29. The van der Waals surface area contributed by atoms with Crippen molar-refractivity contribution in [1.29, 1.82) is 0 Å². The zero-order valence-electron chi connectivity index (χ0n) is 10.1. The average Bonchev–Trinajstić information content (AvgIpc) is 2.32. The first-order chi connectivity index (χ1) is 8.51. The number of aliphatic hydroxyl groups is 1. The maximum absolute atomic E-state index is 11.2. The van der Waals surface area contributed by atoms with Gasteiger partial charge in [0.25, 0.3) is 0 Å². The van der Waals surface area contributed by atoms with Gasteiger partial charge in [0.15, 0.2) is 11.5 Å². The molecule has 1 aromatic rings. The van der Waals surface area contributed by atoms with Gasteiger partial charge in [-0.3, -0.25) is 4.79 Å². The minimum atomic E-state index is -0.534. The van der Waals surface area contributed by atoms with Gasteiger partial charge < -0.3 is 25.5 Å². The number of phenols is 2. The number of hydrogen-bond donors (Lipinski definition) is 4. The molecule has 1 amide bonds. The third kappa shape index (κ3) is 2.33. The van der Waals surface area contributed by atoms with Crippen LogP contribution in [0.25, 0.3) is 0 Å². The van der Waals surface area contributed by atoms with E-state index in [2.05, 4.69) is 5.32 Å². The van der Waals surface area contributed by atoms with Gasteiger partial charge in [-0.05, 0) is 18.1 Å². The molecule has 0 radical (unpaired) electrons. The molecule has 1 atom stereocenters. The molecule has 0 aliphatic carbocycles. The van der Waals surface area contributed by atoms with E-state index in [9.17, 15) is 15.0 Å². The maximum Gasteiger partial charge on any atom is 0.245 e. The molecule has 1 aromatic carbocycles. The third-order valence-corrected chi connectivity index (χ3v) is 3.06. The van der Waals surface area contributed by atoms with Crippen molar-refractivity contribution in [3.05, 3.63) is 17.7 Å². The summed E-state index contributed by atoms with van der Waals surface area (Å²) in [7, 11) is 1.84. The number of aromatic hydroxyl groups is 2. The van der Waals surface area contributed by atoms with Crippen molar-refractivity contribution in [2.24, 2.45) is 0 Å². The molecule has 4 N–H and O–H groups in total. The second kappa shape index (κ2) is 4.73. The average molecular weight is 252 g/mol. The number of rotatable bonds is 2. The lowest BCUT2D eigenvalue weighted by atomic mass is 9.97. The van der Waals surface area contributed by atoms with Crippen LogP contribution < -0.4 is 10.2 Å². The number of likely N-dealkylation sites (N-methyl/N-ethyl adjacent to an activating group) is 1. The molecular weight excluding hydrogens is 236 g/mol. The summed E-state index contributed by atoms with van der Waals surface area (Å²) >= 11 is 0. The number of phenolic OH excluding ortho intramolecular Hbond substituents is 2. The lowest BCUT2D eigenvalue weighted by Gasteiger charge is -2.34.